The molecule has 0 aromatic carbocycles. The summed E-state index contributed by atoms with van der Waals surface area (Å²) in [6.45, 7) is 6.59. The van der Waals surface area contributed by atoms with Crippen LogP contribution in [0.5, 0.6) is 0 Å². The van der Waals surface area contributed by atoms with Crippen LogP contribution in [0.4, 0.5) is 0 Å². The van der Waals surface area contributed by atoms with Crippen LogP contribution in [0, 0.1) is 25.2 Å². The molecule has 72 valence electrons. The Hall–Kier alpha value is -1.32. The molecule has 4 nitrogen and oxygen atoms in total. The minimum Gasteiger partial charge on any atom is -0.387 e. The van der Waals surface area contributed by atoms with Crippen molar-refractivity contribution >= 4 is 5.84 Å². The highest BCUT2D eigenvalue weighted by atomic mass is 15.3. The molecule has 0 spiro atoms. The Morgan fingerprint density at radius 2 is 2.31 bits per heavy atom. The summed E-state index contributed by atoms with van der Waals surface area (Å²) in [5, 5.41) is 11.6. The number of nitrogens with zero attached hydrogens (tertiary/aromatic N) is 2. The summed E-state index contributed by atoms with van der Waals surface area (Å²) in [6, 6.07) is 2.02. The van der Waals surface area contributed by atoms with Crippen LogP contribution in [0.25, 0.3) is 0 Å². The van der Waals surface area contributed by atoms with E-state index in [-0.39, 0.29) is 11.8 Å². The van der Waals surface area contributed by atoms with Crippen molar-refractivity contribution in [3.05, 3.63) is 17.5 Å². The summed E-state index contributed by atoms with van der Waals surface area (Å²) in [5.74, 6) is 0.269. The molecule has 0 aliphatic rings. The first kappa shape index (κ1) is 9.77. The fraction of sp³-hybridized carbons (Fsp3) is 0.556. The quantitative estimate of drug-likeness (QED) is 0.539. The van der Waals surface area contributed by atoms with Crippen LogP contribution in [-0.2, 0) is 6.54 Å². The van der Waals surface area contributed by atoms with Crippen molar-refractivity contribution in [1.29, 1.82) is 5.41 Å². The minimum atomic E-state index is 0.0537. The number of aryl methyl sites for hydroxylation is 2. The van der Waals surface area contributed by atoms with Gasteiger partial charge in [-0.1, -0.05) is 6.92 Å². The molecule has 0 bridgehead atoms. The summed E-state index contributed by atoms with van der Waals surface area (Å²) < 4.78 is 1.89. The van der Waals surface area contributed by atoms with Gasteiger partial charge in [-0.15, -0.1) is 0 Å². The zero-order chi connectivity index (χ0) is 10.0. The summed E-state index contributed by atoms with van der Waals surface area (Å²) >= 11 is 0. The van der Waals surface area contributed by atoms with Crippen molar-refractivity contribution in [3.8, 4) is 0 Å². The molecule has 1 rings (SSSR count). The maximum Gasteiger partial charge on any atom is 0.0952 e. The van der Waals surface area contributed by atoms with E-state index in [1.54, 1.807) is 0 Å². The Balaban J connectivity index is 2.74. The molecule has 0 saturated carbocycles. The average Bonchev–Trinajstić information content (AvgIpc) is 2.30. The van der Waals surface area contributed by atoms with Gasteiger partial charge in [-0.3, -0.25) is 10.1 Å². The number of nitrogens with one attached hydrogen (secondary N) is 1. The highest BCUT2D eigenvalue weighted by Crippen LogP contribution is 2.05. The van der Waals surface area contributed by atoms with Gasteiger partial charge in [0.15, 0.2) is 0 Å². The molecule has 1 atom stereocenters. The second-order valence-corrected chi connectivity index (χ2v) is 3.47. The molecule has 0 fully saturated rings. The smallest absolute Gasteiger partial charge is 0.0952 e. The molecule has 0 radical (unpaired) electrons. The average molecular weight is 180 g/mol. The van der Waals surface area contributed by atoms with E-state index >= 15 is 0 Å². The van der Waals surface area contributed by atoms with Gasteiger partial charge in [0.25, 0.3) is 0 Å². The summed E-state index contributed by atoms with van der Waals surface area (Å²) in [7, 11) is 0. The lowest BCUT2D eigenvalue weighted by Gasteiger charge is -2.10. The highest BCUT2D eigenvalue weighted by molar-refractivity contribution is 5.79. The van der Waals surface area contributed by atoms with Gasteiger partial charge >= 0.3 is 0 Å². The highest BCUT2D eigenvalue weighted by Gasteiger charge is 2.08. The third-order valence-corrected chi connectivity index (χ3v) is 2.08. The molecule has 0 aliphatic heterocycles. The van der Waals surface area contributed by atoms with Gasteiger partial charge in [-0.2, -0.15) is 5.10 Å². The summed E-state index contributed by atoms with van der Waals surface area (Å²) in [4.78, 5) is 0. The Morgan fingerprint density at radius 3 is 2.69 bits per heavy atom. The number of rotatable bonds is 3. The maximum absolute atomic E-state index is 7.26. The first-order valence-electron chi connectivity index (χ1n) is 4.35. The first-order chi connectivity index (χ1) is 6.00. The predicted molar refractivity (Wildman–Crippen MR) is 52.8 cm³/mol. The van der Waals surface area contributed by atoms with Gasteiger partial charge in [0.05, 0.1) is 18.1 Å². The van der Waals surface area contributed by atoms with Crippen molar-refractivity contribution in [2.75, 3.05) is 0 Å². The van der Waals surface area contributed by atoms with Gasteiger partial charge in [-0.05, 0) is 19.9 Å². The molecule has 1 unspecified atom stereocenters. The number of amidine groups is 1. The van der Waals surface area contributed by atoms with E-state index in [1.165, 1.54) is 0 Å². The molecule has 1 aromatic rings. The van der Waals surface area contributed by atoms with Crippen molar-refractivity contribution in [2.24, 2.45) is 11.7 Å². The molecular formula is C9H16N4. The van der Waals surface area contributed by atoms with Crippen LogP contribution in [0.2, 0.25) is 0 Å². The van der Waals surface area contributed by atoms with Crippen LogP contribution in [0.1, 0.15) is 18.3 Å². The van der Waals surface area contributed by atoms with E-state index < -0.39 is 0 Å². The largest absolute Gasteiger partial charge is 0.387 e. The monoisotopic (exact) mass is 180 g/mol. The van der Waals surface area contributed by atoms with E-state index in [0.29, 0.717) is 6.54 Å². The Kier molecular flexibility index (Phi) is 2.70. The Bertz CT molecular complexity index is 313. The van der Waals surface area contributed by atoms with Gasteiger partial charge < -0.3 is 5.73 Å². The Labute approximate surface area is 78.3 Å². The second-order valence-electron chi connectivity index (χ2n) is 3.47. The third-order valence-electron chi connectivity index (χ3n) is 2.08. The van der Waals surface area contributed by atoms with E-state index in [1.807, 2.05) is 31.5 Å². The SMILES string of the molecule is Cc1cc(C)n(CC(C)C(=N)N)n1. The second kappa shape index (κ2) is 3.60. The number of hydrogen-bond donors (Lipinski definition) is 2. The van der Waals surface area contributed by atoms with Crippen molar-refractivity contribution in [1.82, 2.24) is 9.78 Å². The van der Waals surface area contributed by atoms with Gasteiger partial charge in [-0.25, -0.2) is 0 Å². The topological polar surface area (TPSA) is 67.7 Å². The van der Waals surface area contributed by atoms with E-state index in [0.717, 1.165) is 11.4 Å². The van der Waals surface area contributed by atoms with Crippen LogP contribution in [0.3, 0.4) is 0 Å². The molecule has 0 amide bonds. The zero-order valence-electron chi connectivity index (χ0n) is 8.33. The molecule has 0 aliphatic carbocycles. The first-order valence-corrected chi connectivity index (χ1v) is 4.35. The van der Waals surface area contributed by atoms with Gasteiger partial charge in [0.1, 0.15) is 0 Å². The third kappa shape index (κ3) is 2.31. The maximum atomic E-state index is 7.26. The van der Waals surface area contributed by atoms with Gasteiger partial charge in [0, 0.05) is 11.6 Å². The number of nitrogens with two attached hydrogens (primary N) is 1. The van der Waals surface area contributed by atoms with Crippen molar-refractivity contribution < 1.29 is 0 Å². The lowest BCUT2D eigenvalue weighted by Crippen LogP contribution is -2.24. The summed E-state index contributed by atoms with van der Waals surface area (Å²) in [6.07, 6.45) is 0. The summed E-state index contributed by atoms with van der Waals surface area (Å²) in [5.41, 5.74) is 7.51. The van der Waals surface area contributed by atoms with E-state index in [2.05, 4.69) is 5.10 Å². The van der Waals surface area contributed by atoms with Crippen LogP contribution in [0.15, 0.2) is 6.07 Å². The molecule has 4 heteroatoms. The molecule has 0 saturated heterocycles. The standard InChI is InChI=1S/C9H16N4/c1-6(9(10)11)5-13-8(3)4-7(2)12-13/h4,6H,5H2,1-3H3,(H3,10,11). The van der Waals surface area contributed by atoms with E-state index in [9.17, 15) is 0 Å². The molecule has 3 N–H and O–H groups in total. The molecule has 1 heterocycles. The normalized spacial score (nSPS) is 12.8. The zero-order valence-corrected chi connectivity index (χ0v) is 8.33. The lowest BCUT2D eigenvalue weighted by molar-refractivity contribution is 0.523. The van der Waals surface area contributed by atoms with Crippen LogP contribution < -0.4 is 5.73 Å². The fourth-order valence-electron chi connectivity index (χ4n) is 1.22. The van der Waals surface area contributed by atoms with Crippen LogP contribution >= 0.6 is 0 Å². The molecular weight excluding hydrogens is 164 g/mol. The molecule has 13 heavy (non-hydrogen) atoms. The molecule has 1 aromatic heterocycles. The Morgan fingerprint density at radius 1 is 1.69 bits per heavy atom. The van der Waals surface area contributed by atoms with Crippen molar-refractivity contribution in [2.45, 2.75) is 27.3 Å². The number of hydrogen-bond acceptors (Lipinski definition) is 2. The lowest BCUT2D eigenvalue weighted by atomic mass is 10.1. The minimum absolute atomic E-state index is 0.0537. The van der Waals surface area contributed by atoms with Gasteiger partial charge in [0.2, 0.25) is 0 Å². The number of aromatic nitrogens is 2. The predicted octanol–water partition coefficient (Wildman–Crippen LogP) is 1.07. The van der Waals surface area contributed by atoms with E-state index in [4.69, 9.17) is 11.1 Å². The van der Waals surface area contributed by atoms with Crippen LogP contribution in [-0.4, -0.2) is 15.6 Å². The van der Waals surface area contributed by atoms with Crippen molar-refractivity contribution in [3.63, 3.8) is 0 Å². The fourth-order valence-corrected chi connectivity index (χ4v) is 1.22.